The van der Waals surface area contributed by atoms with Gasteiger partial charge in [0.2, 0.25) is 0 Å². The number of hydrogen-bond donors (Lipinski definition) is 2. The lowest BCUT2D eigenvalue weighted by molar-refractivity contribution is -0.146. The first-order valence-corrected chi connectivity index (χ1v) is 6.54. The lowest BCUT2D eigenvalue weighted by Crippen LogP contribution is -2.28. The number of carboxylic acids is 1. The van der Waals surface area contributed by atoms with Crippen LogP contribution in [0.15, 0.2) is 0 Å². The van der Waals surface area contributed by atoms with Gasteiger partial charge in [0, 0.05) is 0 Å². The van der Waals surface area contributed by atoms with E-state index in [0.29, 0.717) is 12.8 Å². The van der Waals surface area contributed by atoms with Crippen LogP contribution in [0.5, 0.6) is 0 Å². The summed E-state index contributed by atoms with van der Waals surface area (Å²) >= 11 is 0. The van der Waals surface area contributed by atoms with Gasteiger partial charge in [-0.05, 0) is 12.8 Å². The number of unbranched alkanes of at least 4 members (excludes halogenated alkanes) is 4. The minimum atomic E-state index is -0.847. The molecule has 0 saturated heterocycles. The maximum absolute atomic E-state index is 11.0. The lowest BCUT2D eigenvalue weighted by Gasteiger charge is -2.18. The first-order valence-electron chi connectivity index (χ1n) is 6.54. The zero-order valence-corrected chi connectivity index (χ0v) is 10.6. The second-order valence-corrected chi connectivity index (χ2v) is 4.50. The van der Waals surface area contributed by atoms with Gasteiger partial charge >= 0.3 is 5.97 Å². The molecule has 0 bridgehead atoms. The summed E-state index contributed by atoms with van der Waals surface area (Å²) in [4.78, 5) is 11.0. The van der Waals surface area contributed by atoms with Gasteiger partial charge in [0.05, 0.1) is 12.0 Å². The van der Waals surface area contributed by atoms with Crippen molar-refractivity contribution in [3.05, 3.63) is 0 Å². The van der Waals surface area contributed by atoms with Gasteiger partial charge in [-0.2, -0.15) is 0 Å². The third-order valence-corrected chi connectivity index (χ3v) is 3.00. The predicted octanol–water partition coefficient (Wildman–Crippen LogP) is 3.21. The van der Waals surface area contributed by atoms with E-state index in [2.05, 4.69) is 13.8 Å². The van der Waals surface area contributed by atoms with Crippen molar-refractivity contribution in [2.75, 3.05) is 0 Å². The molecule has 16 heavy (non-hydrogen) atoms. The Bertz CT molecular complexity index is 180. The summed E-state index contributed by atoms with van der Waals surface area (Å²) < 4.78 is 0. The van der Waals surface area contributed by atoms with Crippen LogP contribution >= 0.6 is 0 Å². The van der Waals surface area contributed by atoms with E-state index in [0.717, 1.165) is 38.5 Å². The number of rotatable bonds is 10. The van der Waals surface area contributed by atoms with Gasteiger partial charge in [0.25, 0.3) is 0 Å². The van der Waals surface area contributed by atoms with Crippen molar-refractivity contribution in [1.29, 1.82) is 0 Å². The van der Waals surface area contributed by atoms with Crippen LogP contribution in [-0.4, -0.2) is 22.3 Å². The van der Waals surface area contributed by atoms with E-state index in [1.807, 2.05) is 0 Å². The topological polar surface area (TPSA) is 57.5 Å². The van der Waals surface area contributed by atoms with Crippen LogP contribution in [-0.2, 0) is 4.79 Å². The van der Waals surface area contributed by atoms with E-state index in [1.165, 1.54) is 0 Å². The number of carboxylic acid groups (broad SMARTS) is 1. The van der Waals surface area contributed by atoms with Crippen molar-refractivity contribution in [2.45, 2.75) is 71.3 Å². The fraction of sp³-hybridized carbons (Fsp3) is 0.923. The van der Waals surface area contributed by atoms with Crippen LogP contribution in [0.1, 0.15) is 65.2 Å². The van der Waals surface area contributed by atoms with Crippen LogP contribution in [0.25, 0.3) is 0 Å². The van der Waals surface area contributed by atoms with Crippen molar-refractivity contribution in [2.24, 2.45) is 5.92 Å². The Morgan fingerprint density at radius 1 is 1.00 bits per heavy atom. The summed E-state index contributed by atoms with van der Waals surface area (Å²) in [6.07, 6.45) is 6.68. The fourth-order valence-electron chi connectivity index (χ4n) is 1.90. The molecule has 0 aromatic carbocycles. The van der Waals surface area contributed by atoms with Crippen LogP contribution < -0.4 is 0 Å². The van der Waals surface area contributed by atoms with Crippen LogP contribution in [0.2, 0.25) is 0 Å². The smallest absolute Gasteiger partial charge is 0.309 e. The molecule has 0 aromatic rings. The highest BCUT2D eigenvalue weighted by molar-refractivity contribution is 5.70. The molecular weight excluding hydrogens is 204 g/mol. The number of carbonyl (C=O) groups is 1. The summed E-state index contributed by atoms with van der Waals surface area (Å²) in [6.45, 7) is 4.19. The molecule has 0 aliphatic carbocycles. The van der Waals surface area contributed by atoms with E-state index < -0.39 is 18.0 Å². The molecule has 0 aliphatic heterocycles. The molecule has 2 N–H and O–H groups in total. The van der Waals surface area contributed by atoms with E-state index in [4.69, 9.17) is 5.11 Å². The predicted molar refractivity (Wildman–Crippen MR) is 65.4 cm³/mol. The minimum absolute atomic E-state index is 0.566. The Labute approximate surface area is 98.9 Å². The number of aliphatic hydroxyl groups excluding tert-OH is 1. The molecule has 0 spiro atoms. The molecular formula is C13H26O3. The Balaban J connectivity index is 3.93. The van der Waals surface area contributed by atoms with Crippen LogP contribution in [0.3, 0.4) is 0 Å². The summed E-state index contributed by atoms with van der Waals surface area (Å²) in [5.74, 6) is -1.41. The monoisotopic (exact) mass is 230 g/mol. The maximum atomic E-state index is 11.0. The standard InChI is InChI=1S/C13H26O3/c1-3-5-7-9-11(13(15)16)12(14)10-8-6-4-2/h11-12,14H,3-10H2,1-2H3,(H,15,16)/t11-,12-/m1/s1. The Hall–Kier alpha value is -0.570. The molecule has 2 atom stereocenters. The molecule has 0 aliphatic rings. The summed E-state index contributed by atoms with van der Waals surface area (Å²) in [6, 6.07) is 0. The highest BCUT2D eigenvalue weighted by Gasteiger charge is 2.25. The Kier molecular flexibility index (Phi) is 9.30. The first-order chi connectivity index (χ1) is 7.63. The van der Waals surface area contributed by atoms with Gasteiger partial charge in [-0.3, -0.25) is 4.79 Å². The average molecular weight is 230 g/mol. The van der Waals surface area contributed by atoms with Gasteiger partial charge in [-0.1, -0.05) is 52.4 Å². The van der Waals surface area contributed by atoms with Gasteiger partial charge < -0.3 is 10.2 Å². The second kappa shape index (κ2) is 9.64. The first kappa shape index (κ1) is 15.4. The number of aliphatic carboxylic acids is 1. The number of aliphatic hydroxyl groups is 1. The van der Waals surface area contributed by atoms with E-state index in [1.54, 1.807) is 0 Å². The molecule has 0 amide bonds. The van der Waals surface area contributed by atoms with E-state index >= 15 is 0 Å². The highest BCUT2D eigenvalue weighted by atomic mass is 16.4. The van der Waals surface area contributed by atoms with Crippen LogP contribution in [0.4, 0.5) is 0 Å². The van der Waals surface area contributed by atoms with Crippen molar-refractivity contribution in [1.82, 2.24) is 0 Å². The zero-order valence-electron chi connectivity index (χ0n) is 10.6. The quantitative estimate of drug-likeness (QED) is 0.567. The number of hydrogen-bond acceptors (Lipinski definition) is 2. The summed E-state index contributed by atoms with van der Waals surface area (Å²) in [5.41, 5.74) is 0. The molecule has 3 heteroatoms. The fourth-order valence-corrected chi connectivity index (χ4v) is 1.90. The van der Waals surface area contributed by atoms with Crippen molar-refractivity contribution in [3.8, 4) is 0 Å². The normalized spacial score (nSPS) is 14.7. The highest BCUT2D eigenvalue weighted by Crippen LogP contribution is 2.19. The molecule has 96 valence electrons. The Morgan fingerprint density at radius 3 is 1.94 bits per heavy atom. The third kappa shape index (κ3) is 6.83. The SMILES string of the molecule is CCCCC[C@@H](O)[C@@H](CCCCC)C(=O)O. The van der Waals surface area contributed by atoms with E-state index in [-0.39, 0.29) is 0 Å². The van der Waals surface area contributed by atoms with E-state index in [9.17, 15) is 9.90 Å². The maximum Gasteiger partial charge on any atom is 0.309 e. The van der Waals surface area contributed by atoms with Gasteiger partial charge in [0.1, 0.15) is 0 Å². The van der Waals surface area contributed by atoms with Crippen molar-refractivity contribution in [3.63, 3.8) is 0 Å². The molecule has 0 heterocycles. The molecule has 0 radical (unpaired) electrons. The van der Waals surface area contributed by atoms with Crippen molar-refractivity contribution >= 4 is 5.97 Å². The zero-order chi connectivity index (χ0) is 12.4. The molecule has 0 saturated carbocycles. The molecule has 0 aromatic heterocycles. The minimum Gasteiger partial charge on any atom is -0.481 e. The van der Waals surface area contributed by atoms with Gasteiger partial charge in [-0.15, -0.1) is 0 Å². The average Bonchev–Trinajstić information content (AvgIpc) is 2.24. The molecule has 0 rings (SSSR count). The third-order valence-electron chi connectivity index (χ3n) is 3.00. The second-order valence-electron chi connectivity index (χ2n) is 4.50. The largest absolute Gasteiger partial charge is 0.481 e. The van der Waals surface area contributed by atoms with Gasteiger partial charge in [-0.25, -0.2) is 0 Å². The molecule has 0 unspecified atom stereocenters. The van der Waals surface area contributed by atoms with Gasteiger partial charge in [0.15, 0.2) is 0 Å². The van der Waals surface area contributed by atoms with Crippen LogP contribution in [0, 0.1) is 5.92 Å². The molecule has 0 fully saturated rings. The van der Waals surface area contributed by atoms with Crippen molar-refractivity contribution < 1.29 is 15.0 Å². The Morgan fingerprint density at radius 2 is 1.50 bits per heavy atom. The summed E-state index contributed by atoms with van der Waals surface area (Å²) in [7, 11) is 0. The molecule has 3 nitrogen and oxygen atoms in total. The lowest BCUT2D eigenvalue weighted by atomic mass is 9.92. The summed E-state index contributed by atoms with van der Waals surface area (Å²) in [5, 5.41) is 18.9.